The number of carbonyl (C=O) groups is 1. The molecule has 2 rings (SSSR count). The molecule has 0 unspecified atom stereocenters. The van der Waals surface area contributed by atoms with Crippen LogP contribution in [-0.4, -0.2) is 22.6 Å². The molecule has 1 aromatic heterocycles. The molecule has 0 aliphatic carbocycles. The van der Waals surface area contributed by atoms with Gasteiger partial charge in [0.25, 0.3) is 0 Å². The second-order valence-corrected chi connectivity index (χ2v) is 5.01. The predicted octanol–water partition coefficient (Wildman–Crippen LogP) is 2.84. The van der Waals surface area contributed by atoms with Crippen LogP contribution in [-0.2, 0) is 11.2 Å². The molecule has 0 bridgehead atoms. The van der Waals surface area contributed by atoms with Crippen LogP contribution in [0.1, 0.15) is 23.2 Å². The fourth-order valence-corrected chi connectivity index (χ4v) is 2.55. The molecular formula is C13H12BrF2N3O2. The summed E-state index contributed by atoms with van der Waals surface area (Å²) in [7, 11) is 1.20. The van der Waals surface area contributed by atoms with E-state index < -0.39 is 17.6 Å². The van der Waals surface area contributed by atoms with Crippen molar-refractivity contribution in [3.8, 4) is 5.69 Å². The maximum Gasteiger partial charge on any atom is 0.360 e. The van der Waals surface area contributed by atoms with E-state index in [4.69, 9.17) is 5.73 Å². The number of ether oxygens (including phenoxy) is 1. The van der Waals surface area contributed by atoms with Crippen LogP contribution in [0.15, 0.2) is 16.6 Å². The molecule has 1 heterocycles. The number of nitrogens with two attached hydrogens (primary N) is 1. The number of hydrogen-bond donors (Lipinski definition) is 1. The maximum absolute atomic E-state index is 14.1. The lowest BCUT2D eigenvalue weighted by atomic mass is 10.2. The number of methoxy groups -OCH3 is 1. The highest BCUT2D eigenvalue weighted by Gasteiger charge is 2.24. The molecule has 112 valence electrons. The highest BCUT2D eigenvalue weighted by atomic mass is 79.9. The smallest absolute Gasteiger partial charge is 0.360 e. The number of imidazole rings is 1. The molecule has 0 amide bonds. The summed E-state index contributed by atoms with van der Waals surface area (Å²) in [6.45, 7) is 1.77. The van der Waals surface area contributed by atoms with Crippen LogP contribution in [0.3, 0.4) is 0 Å². The Balaban J connectivity index is 2.75. The first kappa shape index (κ1) is 15.4. The number of nitrogens with zero attached hydrogens (tertiary/aromatic N) is 2. The summed E-state index contributed by atoms with van der Waals surface area (Å²) >= 11 is 3.10. The molecule has 0 atom stereocenters. The molecule has 2 N–H and O–H groups in total. The van der Waals surface area contributed by atoms with Gasteiger partial charge in [-0.15, -0.1) is 0 Å². The minimum atomic E-state index is -0.822. The number of aryl methyl sites for hydroxylation is 1. The Labute approximate surface area is 127 Å². The van der Waals surface area contributed by atoms with E-state index in [2.05, 4.69) is 25.7 Å². The minimum absolute atomic E-state index is 0.00611. The van der Waals surface area contributed by atoms with Crippen LogP contribution < -0.4 is 5.73 Å². The average molecular weight is 360 g/mol. The van der Waals surface area contributed by atoms with Crippen LogP contribution in [0.2, 0.25) is 0 Å². The van der Waals surface area contributed by atoms with Crippen molar-refractivity contribution in [1.29, 1.82) is 0 Å². The van der Waals surface area contributed by atoms with Gasteiger partial charge in [-0.1, -0.05) is 6.92 Å². The summed E-state index contributed by atoms with van der Waals surface area (Å²) in [5.74, 6) is -1.98. The van der Waals surface area contributed by atoms with Crippen molar-refractivity contribution in [2.45, 2.75) is 13.3 Å². The predicted molar refractivity (Wildman–Crippen MR) is 76.3 cm³/mol. The normalized spacial score (nSPS) is 10.7. The zero-order valence-electron chi connectivity index (χ0n) is 11.3. The van der Waals surface area contributed by atoms with Crippen LogP contribution in [0.5, 0.6) is 0 Å². The zero-order chi connectivity index (χ0) is 15.7. The Kier molecular flexibility index (Phi) is 4.26. The second-order valence-electron chi connectivity index (χ2n) is 4.16. The SMILES string of the molecule is CCc1nc(C(=O)OC)c(N)n1-c1c(F)cc(F)cc1Br. The van der Waals surface area contributed by atoms with E-state index in [1.165, 1.54) is 11.7 Å². The van der Waals surface area contributed by atoms with Gasteiger partial charge in [0.05, 0.1) is 12.8 Å². The molecule has 0 radical (unpaired) electrons. The monoisotopic (exact) mass is 359 g/mol. The van der Waals surface area contributed by atoms with Gasteiger partial charge in [0, 0.05) is 17.0 Å². The third kappa shape index (κ3) is 2.63. The van der Waals surface area contributed by atoms with E-state index in [1.807, 2.05) is 0 Å². The molecule has 0 aliphatic rings. The van der Waals surface area contributed by atoms with Gasteiger partial charge in [-0.25, -0.2) is 18.6 Å². The molecule has 0 saturated carbocycles. The van der Waals surface area contributed by atoms with E-state index in [-0.39, 0.29) is 21.7 Å². The summed E-state index contributed by atoms with van der Waals surface area (Å²) in [5.41, 5.74) is 5.77. The molecule has 0 fully saturated rings. The van der Waals surface area contributed by atoms with Crippen molar-refractivity contribution in [3.63, 3.8) is 0 Å². The Morgan fingerprint density at radius 2 is 2.14 bits per heavy atom. The number of nitrogen functional groups attached to an aromatic ring is 1. The van der Waals surface area contributed by atoms with Crippen molar-refractivity contribution < 1.29 is 18.3 Å². The van der Waals surface area contributed by atoms with Crippen LogP contribution in [0.25, 0.3) is 5.69 Å². The van der Waals surface area contributed by atoms with E-state index in [9.17, 15) is 13.6 Å². The topological polar surface area (TPSA) is 70.1 Å². The number of anilines is 1. The Morgan fingerprint density at radius 3 is 2.67 bits per heavy atom. The lowest BCUT2D eigenvalue weighted by Crippen LogP contribution is -2.10. The summed E-state index contributed by atoms with van der Waals surface area (Å²) in [6.07, 6.45) is 0.393. The highest BCUT2D eigenvalue weighted by Crippen LogP contribution is 2.30. The minimum Gasteiger partial charge on any atom is -0.464 e. The fraction of sp³-hybridized carbons (Fsp3) is 0.231. The summed E-state index contributed by atoms with van der Waals surface area (Å²) in [4.78, 5) is 15.7. The van der Waals surface area contributed by atoms with E-state index in [0.29, 0.717) is 12.2 Å². The molecule has 0 saturated heterocycles. The van der Waals surface area contributed by atoms with E-state index in [1.54, 1.807) is 6.92 Å². The lowest BCUT2D eigenvalue weighted by molar-refractivity contribution is 0.0595. The number of halogens is 3. The van der Waals surface area contributed by atoms with Crippen LogP contribution >= 0.6 is 15.9 Å². The molecule has 21 heavy (non-hydrogen) atoms. The summed E-state index contributed by atoms with van der Waals surface area (Å²) in [6, 6.07) is 1.84. The number of rotatable bonds is 3. The third-order valence-electron chi connectivity index (χ3n) is 2.88. The fourth-order valence-electron chi connectivity index (χ4n) is 1.96. The molecule has 5 nitrogen and oxygen atoms in total. The van der Waals surface area contributed by atoms with Gasteiger partial charge in [0.15, 0.2) is 11.5 Å². The number of benzene rings is 1. The van der Waals surface area contributed by atoms with Gasteiger partial charge in [-0.05, 0) is 22.0 Å². The number of carbonyl (C=O) groups excluding carboxylic acids is 1. The van der Waals surface area contributed by atoms with Crippen LogP contribution in [0.4, 0.5) is 14.6 Å². The van der Waals surface area contributed by atoms with E-state index in [0.717, 1.165) is 12.1 Å². The van der Waals surface area contributed by atoms with Crippen molar-refractivity contribution in [2.24, 2.45) is 0 Å². The zero-order valence-corrected chi connectivity index (χ0v) is 12.9. The Bertz CT molecular complexity index is 693. The quantitative estimate of drug-likeness (QED) is 0.855. The first-order valence-corrected chi connectivity index (χ1v) is 6.80. The van der Waals surface area contributed by atoms with Gasteiger partial charge in [0.1, 0.15) is 17.5 Å². The Hall–Kier alpha value is -1.96. The van der Waals surface area contributed by atoms with Gasteiger partial charge < -0.3 is 10.5 Å². The van der Waals surface area contributed by atoms with E-state index >= 15 is 0 Å². The molecule has 0 aliphatic heterocycles. The molecular weight excluding hydrogens is 348 g/mol. The number of esters is 1. The van der Waals surface area contributed by atoms with Gasteiger partial charge in [-0.3, -0.25) is 4.57 Å². The number of hydrogen-bond acceptors (Lipinski definition) is 4. The lowest BCUT2D eigenvalue weighted by Gasteiger charge is -2.12. The molecule has 1 aromatic carbocycles. The van der Waals surface area contributed by atoms with Crippen molar-refractivity contribution in [1.82, 2.24) is 9.55 Å². The second kappa shape index (κ2) is 5.80. The summed E-state index contributed by atoms with van der Waals surface area (Å²) < 4.78 is 33.3. The standard InChI is InChI=1S/C13H12BrF2N3O2/c1-3-9-18-10(13(20)21-2)12(17)19(9)11-7(14)4-6(15)5-8(11)16/h4-5H,3,17H2,1-2H3. The van der Waals surface area contributed by atoms with Crippen molar-refractivity contribution >= 4 is 27.7 Å². The number of aromatic nitrogens is 2. The third-order valence-corrected chi connectivity index (χ3v) is 3.49. The summed E-state index contributed by atoms with van der Waals surface area (Å²) in [5, 5.41) is 0. The van der Waals surface area contributed by atoms with Gasteiger partial charge in [-0.2, -0.15) is 0 Å². The Morgan fingerprint density at radius 1 is 1.48 bits per heavy atom. The van der Waals surface area contributed by atoms with Crippen molar-refractivity contribution in [3.05, 3.63) is 39.8 Å². The van der Waals surface area contributed by atoms with Gasteiger partial charge in [0.2, 0.25) is 0 Å². The van der Waals surface area contributed by atoms with Crippen LogP contribution in [0, 0.1) is 11.6 Å². The van der Waals surface area contributed by atoms with Gasteiger partial charge >= 0.3 is 5.97 Å². The highest BCUT2D eigenvalue weighted by molar-refractivity contribution is 9.10. The average Bonchev–Trinajstić information content (AvgIpc) is 2.74. The largest absolute Gasteiger partial charge is 0.464 e. The molecule has 8 heteroatoms. The first-order valence-electron chi connectivity index (χ1n) is 6.01. The first-order chi connectivity index (χ1) is 9.90. The maximum atomic E-state index is 14.1. The van der Waals surface area contributed by atoms with Crippen molar-refractivity contribution in [2.75, 3.05) is 12.8 Å². The molecule has 0 spiro atoms. The molecule has 2 aromatic rings.